The molecule has 0 saturated heterocycles. The Hall–Kier alpha value is 0.211. The fourth-order valence-electron chi connectivity index (χ4n) is 4.17. The van der Waals surface area contributed by atoms with Crippen LogP contribution in [0.3, 0.4) is 0 Å². The van der Waals surface area contributed by atoms with Crippen molar-refractivity contribution in [3.05, 3.63) is 0 Å². The van der Waals surface area contributed by atoms with Gasteiger partial charge in [0.15, 0.2) is 4.28 Å². The van der Waals surface area contributed by atoms with Crippen molar-refractivity contribution < 1.29 is 39.8 Å². The molecule has 14 heteroatoms. The Morgan fingerprint density at radius 2 is 0.900 bits per heavy atom. The molecule has 0 atom stereocenters. The second-order valence-corrected chi connectivity index (χ2v) is 17.7. The van der Waals surface area contributed by atoms with Gasteiger partial charge >= 0.3 is 26.4 Å². The maximum Gasteiger partial charge on any atom is 0.516 e. The number of hydrogen-bond acceptors (Lipinski definition) is 11. The fraction of sp³-hybridized carbons (Fsp3) is 1.00. The van der Waals surface area contributed by atoms with Gasteiger partial charge in [0.05, 0.1) is 0 Å². The average molecular weight is 491 g/mol. The predicted octanol–water partition coefficient (Wildman–Crippen LogP) is 0.110. The van der Waals surface area contributed by atoms with E-state index in [0.29, 0.717) is 19.5 Å². The Morgan fingerprint density at radius 3 is 1.13 bits per heavy atom. The van der Waals surface area contributed by atoms with Crippen molar-refractivity contribution in [2.75, 3.05) is 90.7 Å². The molecule has 0 heterocycles. The molecule has 0 aliphatic heterocycles. The van der Waals surface area contributed by atoms with E-state index in [9.17, 15) is 0 Å². The molecule has 0 rings (SSSR count). The summed E-state index contributed by atoms with van der Waals surface area (Å²) in [6, 6.07) is 0. The molecule has 0 aromatic carbocycles. The third-order valence-corrected chi connectivity index (χ3v) is 19.8. The summed E-state index contributed by atoms with van der Waals surface area (Å²) in [7, 11) is 4.67. The number of rotatable bonds is 18. The highest BCUT2D eigenvalue weighted by atomic mass is 28.5. The third kappa shape index (κ3) is 5.07. The standard InChI is InChI=1S/C16H42N2O9Si3/c1-18(14-11-13-17)15-12-16(28(19-2,20-3)21-4,29(22-5,23-6)24-7)30(25-8,26-9)27-10/h11-15,17H2,1-10H3. The van der Waals surface area contributed by atoms with E-state index in [1.54, 1.807) is 0 Å². The molecule has 182 valence electrons. The highest BCUT2D eigenvalue weighted by Gasteiger charge is 2.88. The SMILES string of the molecule is CO[Si](OC)(OC)C(CCN(C)CCCN)([Si](OC)(OC)OC)[Si](OC)(OC)OC. The molecule has 30 heavy (non-hydrogen) atoms. The zero-order valence-electron chi connectivity index (χ0n) is 20.2. The van der Waals surface area contributed by atoms with Crippen molar-refractivity contribution in [3.8, 4) is 0 Å². The van der Waals surface area contributed by atoms with Crippen molar-refractivity contribution in [1.82, 2.24) is 4.90 Å². The highest BCUT2D eigenvalue weighted by Crippen LogP contribution is 2.58. The predicted molar refractivity (Wildman–Crippen MR) is 119 cm³/mol. The van der Waals surface area contributed by atoms with E-state index >= 15 is 0 Å². The minimum atomic E-state index is -3.67. The van der Waals surface area contributed by atoms with Gasteiger partial charge in [0.25, 0.3) is 0 Å². The van der Waals surface area contributed by atoms with Crippen LogP contribution in [-0.2, 0) is 39.8 Å². The van der Waals surface area contributed by atoms with Crippen LogP contribution >= 0.6 is 0 Å². The number of nitrogens with two attached hydrogens (primary N) is 1. The summed E-state index contributed by atoms with van der Waals surface area (Å²) < 4.78 is 52.6. The molecule has 0 saturated carbocycles. The largest absolute Gasteiger partial charge is 0.516 e. The van der Waals surface area contributed by atoms with Gasteiger partial charge in [-0.3, -0.25) is 0 Å². The molecule has 0 spiro atoms. The van der Waals surface area contributed by atoms with Crippen LogP contribution < -0.4 is 5.73 Å². The van der Waals surface area contributed by atoms with Crippen LogP contribution in [0.15, 0.2) is 0 Å². The Balaban J connectivity index is 7.08. The van der Waals surface area contributed by atoms with E-state index in [0.717, 1.165) is 13.0 Å². The van der Waals surface area contributed by atoms with Crippen LogP contribution in [-0.4, -0.2) is 122 Å². The Morgan fingerprint density at radius 1 is 0.600 bits per heavy atom. The molecule has 0 unspecified atom stereocenters. The zero-order chi connectivity index (χ0) is 23.5. The molecule has 0 bridgehead atoms. The van der Waals surface area contributed by atoms with Gasteiger partial charge in [-0.15, -0.1) is 0 Å². The number of hydrogen-bond donors (Lipinski definition) is 1. The average Bonchev–Trinajstić information content (AvgIpc) is 2.80. The van der Waals surface area contributed by atoms with Crippen LogP contribution in [0, 0.1) is 0 Å². The first kappa shape index (κ1) is 30.2. The van der Waals surface area contributed by atoms with Crippen molar-refractivity contribution in [3.63, 3.8) is 0 Å². The summed E-state index contributed by atoms with van der Waals surface area (Å²) in [4.78, 5) is 2.14. The van der Waals surface area contributed by atoms with Gasteiger partial charge in [-0.1, -0.05) is 0 Å². The molecule has 0 aromatic heterocycles. The summed E-state index contributed by atoms with van der Waals surface area (Å²) in [6.45, 7) is 1.99. The molecule has 0 fully saturated rings. The molecular formula is C16H42N2O9Si3. The maximum atomic E-state index is 5.98. The van der Waals surface area contributed by atoms with E-state index in [2.05, 4.69) is 4.90 Å². The molecular weight excluding hydrogens is 448 g/mol. The van der Waals surface area contributed by atoms with Gasteiger partial charge in [0, 0.05) is 64.0 Å². The minimum Gasteiger partial charge on any atom is -0.377 e. The van der Waals surface area contributed by atoms with Crippen LogP contribution in [0.1, 0.15) is 12.8 Å². The monoisotopic (exact) mass is 490 g/mol. The maximum absolute atomic E-state index is 5.98. The smallest absolute Gasteiger partial charge is 0.377 e. The summed E-state index contributed by atoms with van der Waals surface area (Å²) in [5.74, 6) is 0. The quantitative estimate of drug-likeness (QED) is 0.264. The van der Waals surface area contributed by atoms with Crippen LogP contribution in [0.4, 0.5) is 0 Å². The van der Waals surface area contributed by atoms with E-state index in [1.165, 1.54) is 64.0 Å². The van der Waals surface area contributed by atoms with Crippen molar-refractivity contribution in [2.24, 2.45) is 5.73 Å². The molecule has 0 aliphatic carbocycles. The molecule has 2 N–H and O–H groups in total. The molecule has 0 radical (unpaired) electrons. The Kier molecular flexibility index (Phi) is 13.8. The number of nitrogens with zero attached hydrogens (tertiary/aromatic N) is 1. The lowest BCUT2D eigenvalue weighted by atomic mass is 10.3. The first-order valence-corrected chi connectivity index (χ1v) is 14.8. The Labute approximate surface area is 185 Å². The summed E-state index contributed by atoms with van der Waals surface area (Å²) in [5.41, 5.74) is 5.67. The van der Waals surface area contributed by atoms with Gasteiger partial charge in [-0.05, 0) is 39.5 Å². The van der Waals surface area contributed by atoms with Gasteiger partial charge in [0.2, 0.25) is 0 Å². The van der Waals surface area contributed by atoms with Gasteiger partial charge in [0.1, 0.15) is 0 Å². The Bertz CT molecular complexity index is 392. The second kappa shape index (κ2) is 13.7. The summed E-state index contributed by atoms with van der Waals surface area (Å²) >= 11 is 0. The zero-order valence-corrected chi connectivity index (χ0v) is 23.2. The van der Waals surface area contributed by atoms with Gasteiger partial charge in [-0.2, -0.15) is 0 Å². The second-order valence-electron chi connectivity index (χ2n) is 6.61. The third-order valence-electron chi connectivity index (χ3n) is 5.60. The normalized spacial score (nSPS) is 14.0. The summed E-state index contributed by atoms with van der Waals surface area (Å²) in [6.07, 6.45) is 1.24. The summed E-state index contributed by atoms with van der Waals surface area (Å²) in [5, 5.41) is 0. The van der Waals surface area contributed by atoms with E-state index in [1.807, 2.05) is 7.05 Å². The van der Waals surface area contributed by atoms with E-state index < -0.39 is 30.7 Å². The molecule has 0 amide bonds. The first-order chi connectivity index (χ1) is 14.3. The molecule has 0 aliphatic rings. The van der Waals surface area contributed by atoms with Crippen molar-refractivity contribution >= 4 is 26.4 Å². The van der Waals surface area contributed by atoms with Crippen molar-refractivity contribution in [1.29, 1.82) is 0 Å². The first-order valence-electron chi connectivity index (χ1n) is 9.60. The topological polar surface area (TPSA) is 112 Å². The van der Waals surface area contributed by atoms with E-state index in [4.69, 9.17) is 45.6 Å². The van der Waals surface area contributed by atoms with Crippen LogP contribution in [0.5, 0.6) is 0 Å². The van der Waals surface area contributed by atoms with Crippen LogP contribution in [0.2, 0.25) is 4.28 Å². The lowest BCUT2D eigenvalue weighted by Gasteiger charge is -2.54. The lowest BCUT2D eigenvalue weighted by molar-refractivity contribution is 0.0275. The van der Waals surface area contributed by atoms with Gasteiger partial charge < -0.3 is 50.5 Å². The fourth-order valence-corrected chi connectivity index (χ4v) is 20.1. The van der Waals surface area contributed by atoms with E-state index in [-0.39, 0.29) is 0 Å². The highest BCUT2D eigenvalue weighted by molar-refractivity contribution is 7.02. The van der Waals surface area contributed by atoms with Gasteiger partial charge in [-0.25, -0.2) is 0 Å². The molecule has 0 aromatic rings. The van der Waals surface area contributed by atoms with Crippen LogP contribution in [0.25, 0.3) is 0 Å². The molecule has 11 nitrogen and oxygen atoms in total. The lowest BCUT2D eigenvalue weighted by Crippen LogP contribution is -2.80. The van der Waals surface area contributed by atoms with Crippen molar-refractivity contribution in [2.45, 2.75) is 17.1 Å². The minimum absolute atomic E-state index is 0.388.